The van der Waals surface area contributed by atoms with Gasteiger partial charge in [-0.15, -0.1) is 0 Å². The van der Waals surface area contributed by atoms with Crippen molar-refractivity contribution in [2.75, 3.05) is 20.8 Å². The molecule has 0 aliphatic carbocycles. The van der Waals surface area contributed by atoms with E-state index in [1.807, 2.05) is 17.0 Å². The third kappa shape index (κ3) is 3.97. The number of nitrogens with zero attached hydrogens (tertiary/aromatic N) is 1. The first kappa shape index (κ1) is 23.9. The molecule has 1 aliphatic rings. The van der Waals surface area contributed by atoms with Crippen LogP contribution in [0, 0.1) is 6.92 Å². The average Bonchev–Trinajstić information content (AvgIpc) is 2.83. The van der Waals surface area contributed by atoms with Gasteiger partial charge in [-0.25, -0.2) is 0 Å². The molecule has 5 nitrogen and oxygen atoms in total. The Morgan fingerprint density at radius 1 is 1.09 bits per heavy atom. The van der Waals surface area contributed by atoms with Gasteiger partial charge < -0.3 is 19.1 Å². The van der Waals surface area contributed by atoms with Crippen LogP contribution in [0.3, 0.4) is 0 Å². The monoisotopic (exact) mass is 461 g/mol. The number of unbranched alkanes of at least 4 members (excludes halogenated alkanes) is 1. The zero-order valence-electron chi connectivity index (χ0n) is 21.1. The summed E-state index contributed by atoms with van der Waals surface area (Å²) < 4.78 is 18.0. The molecule has 0 bridgehead atoms. The molecule has 4 rings (SSSR count). The van der Waals surface area contributed by atoms with Crippen LogP contribution in [0.25, 0.3) is 21.9 Å². The number of amides is 1. The Balaban J connectivity index is 2.03. The predicted octanol–water partition coefficient (Wildman–Crippen LogP) is 6.48. The Hall–Kier alpha value is -3.21. The summed E-state index contributed by atoms with van der Waals surface area (Å²) >= 11 is 0. The summed E-state index contributed by atoms with van der Waals surface area (Å²) in [5, 5.41) is 2.00. The van der Waals surface area contributed by atoms with Crippen LogP contribution in [0.4, 0.5) is 0 Å². The van der Waals surface area contributed by atoms with E-state index in [9.17, 15) is 4.79 Å². The van der Waals surface area contributed by atoms with E-state index in [-0.39, 0.29) is 12.1 Å². The van der Waals surface area contributed by atoms with Gasteiger partial charge in [0.1, 0.15) is 17.2 Å². The second-order valence-electron chi connectivity index (χ2n) is 9.15. The summed E-state index contributed by atoms with van der Waals surface area (Å²) in [5.41, 5.74) is 5.61. The molecule has 0 radical (unpaired) electrons. The van der Waals surface area contributed by atoms with Crippen LogP contribution in [0.15, 0.2) is 36.4 Å². The van der Waals surface area contributed by atoms with Crippen molar-refractivity contribution in [3.05, 3.63) is 53.1 Å². The van der Waals surface area contributed by atoms with E-state index in [2.05, 4.69) is 52.0 Å². The molecule has 1 heterocycles. The number of benzene rings is 3. The third-order valence-electron chi connectivity index (χ3n) is 7.03. The highest BCUT2D eigenvalue weighted by Gasteiger charge is 2.33. The van der Waals surface area contributed by atoms with Gasteiger partial charge in [-0.1, -0.05) is 37.6 Å². The van der Waals surface area contributed by atoms with Gasteiger partial charge in [-0.05, 0) is 67.8 Å². The highest BCUT2D eigenvalue weighted by molar-refractivity contribution is 6.06. The van der Waals surface area contributed by atoms with Crippen LogP contribution in [0.1, 0.15) is 56.3 Å². The Labute approximate surface area is 202 Å². The fraction of sp³-hybridized carbons (Fsp3) is 0.414. The lowest BCUT2D eigenvalue weighted by Crippen LogP contribution is -2.40. The molecule has 0 saturated heterocycles. The van der Waals surface area contributed by atoms with Crippen molar-refractivity contribution in [2.24, 2.45) is 0 Å². The van der Waals surface area contributed by atoms with Crippen LogP contribution in [0.5, 0.6) is 17.2 Å². The van der Waals surface area contributed by atoms with Crippen molar-refractivity contribution in [2.45, 2.75) is 59.0 Å². The number of ether oxygens (including phenoxy) is 3. The fourth-order valence-corrected chi connectivity index (χ4v) is 5.33. The zero-order chi connectivity index (χ0) is 24.4. The van der Waals surface area contributed by atoms with Crippen LogP contribution in [-0.2, 0) is 11.2 Å². The summed E-state index contributed by atoms with van der Waals surface area (Å²) in [4.78, 5) is 13.8. The van der Waals surface area contributed by atoms with E-state index < -0.39 is 0 Å². The Bertz CT molecular complexity index is 1200. The highest BCUT2D eigenvalue weighted by Crippen LogP contribution is 2.48. The van der Waals surface area contributed by atoms with E-state index in [1.165, 1.54) is 5.56 Å². The summed E-state index contributed by atoms with van der Waals surface area (Å²) in [6.45, 7) is 9.11. The van der Waals surface area contributed by atoms with Gasteiger partial charge in [-0.3, -0.25) is 4.79 Å². The van der Waals surface area contributed by atoms with Crippen molar-refractivity contribution in [3.8, 4) is 28.4 Å². The van der Waals surface area contributed by atoms with Crippen molar-refractivity contribution >= 4 is 17.2 Å². The van der Waals surface area contributed by atoms with Crippen molar-refractivity contribution in [1.82, 2.24) is 4.90 Å². The maximum absolute atomic E-state index is 11.9. The number of rotatable bonds is 8. The minimum Gasteiger partial charge on any atom is -0.496 e. The average molecular weight is 462 g/mol. The van der Waals surface area contributed by atoms with E-state index >= 15 is 0 Å². The highest BCUT2D eigenvalue weighted by atomic mass is 16.5. The lowest BCUT2D eigenvalue weighted by atomic mass is 9.84. The maximum Gasteiger partial charge on any atom is 0.210 e. The lowest BCUT2D eigenvalue weighted by molar-refractivity contribution is -0.122. The van der Waals surface area contributed by atoms with E-state index in [4.69, 9.17) is 14.2 Å². The summed E-state index contributed by atoms with van der Waals surface area (Å²) in [6, 6.07) is 12.6. The minimum atomic E-state index is -0.0628. The first-order valence-electron chi connectivity index (χ1n) is 12.1. The van der Waals surface area contributed by atoms with Gasteiger partial charge in [0.05, 0.1) is 32.3 Å². The van der Waals surface area contributed by atoms with Crippen molar-refractivity contribution in [1.29, 1.82) is 0 Å². The summed E-state index contributed by atoms with van der Waals surface area (Å²) in [5.74, 6) is 2.44. The molecule has 0 fully saturated rings. The molecule has 180 valence electrons. The maximum atomic E-state index is 11.9. The van der Waals surface area contributed by atoms with Crippen LogP contribution < -0.4 is 14.2 Å². The second-order valence-corrected chi connectivity index (χ2v) is 9.15. The Kier molecular flexibility index (Phi) is 7.01. The number of hydrogen-bond acceptors (Lipinski definition) is 4. The summed E-state index contributed by atoms with van der Waals surface area (Å²) in [6.07, 6.45) is 3.82. The van der Waals surface area contributed by atoms with E-state index in [1.54, 1.807) is 14.2 Å². The second kappa shape index (κ2) is 9.96. The molecule has 0 N–H and O–H groups in total. The fourth-order valence-electron chi connectivity index (χ4n) is 5.33. The van der Waals surface area contributed by atoms with Crippen molar-refractivity contribution < 1.29 is 19.0 Å². The largest absolute Gasteiger partial charge is 0.496 e. The number of methoxy groups -OCH3 is 2. The molecule has 3 aromatic carbocycles. The molecule has 1 aliphatic heterocycles. The number of carbonyl (C=O) groups excluding carboxylic acids is 1. The number of fused-ring (bicyclic) bond motifs is 2. The third-order valence-corrected chi connectivity index (χ3v) is 7.03. The predicted molar refractivity (Wildman–Crippen MR) is 137 cm³/mol. The number of carbonyl (C=O) groups is 1. The first-order valence-corrected chi connectivity index (χ1v) is 12.1. The SMILES string of the molecule is CCCCOc1c(-c2c(C)cc(OC)c3c(OC)cccc23)ccc2c1[C@@H](C)N(C=O)[C@H](C)C2. The van der Waals surface area contributed by atoms with Gasteiger partial charge in [-0.2, -0.15) is 0 Å². The minimum absolute atomic E-state index is 0.0628. The van der Waals surface area contributed by atoms with Gasteiger partial charge in [0.2, 0.25) is 6.41 Å². The van der Waals surface area contributed by atoms with Gasteiger partial charge in [0.25, 0.3) is 0 Å². The molecular weight excluding hydrogens is 426 g/mol. The molecular formula is C29H35NO4. The molecule has 0 spiro atoms. The number of hydrogen-bond donors (Lipinski definition) is 0. The van der Waals surface area contributed by atoms with Gasteiger partial charge in [0.15, 0.2) is 0 Å². The smallest absolute Gasteiger partial charge is 0.210 e. The molecule has 5 heteroatoms. The van der Waals surface area contributed by atoms with Gasteiger partial charge in [0, 0.05) is 17.2 Å². The Morgan fingerprint density at radius 2 is 1.85 bits per heavy atom. The molecule has 1 amide bonds. The van der Waals surface area contributed by atoms with E-state index in [0.717, 1.165) is 75.9 Å². The van der Waals surface area contributed by atoms with Crippen LogP contribution in [0.2, 0.25) is 0 Å². The molecule has 34 heavy (non-hydrogen) atoms. The van der Waals surface area contributed by atoms with Crippen LogP contribution in [-0.4, -0.2) is 38.2 Å². The van der Waals surface area contributed by atoms with Gasteiger partial charge >= 0.3 is 0 Å². The zero-order valence-corrected chi connectivity index (χ0v) is 21.1. The summed E-state index contributed by atoms with van der Waals surface area (Å²) in [7, 11) is 3.37. The standard InChI is InChI=1S/C29H35NO4/c1-7-8-14-34-29-23(13-12-21-16-19(3)30(17-31)20(4)27(21)29)26-18(2)15-25(33-6)28-22(26)10-9-11-24(28)32-5/h9-13,15,17,19-20H,7-8,14,16H2,1-6H3/t19-,20-/m1/s1. The van der Waals surface area contributed by atoms with Crippen LogP contribution >= 0.6 is 0 Å². The lowest BCUT2D eigenvalue weighted by Gasteiger charge is -2.39. The first-order chi connectivity index (χ1) is 16.5. The molecule has 0 aromatic heterocycles. The molecule has 2 atom stereocenters. The van der Waals surface area contributed by atoms with E-state index in [0.29, 0.717) is 6.61 Å². The number of aryl methyl sites for hydroxylation is 1. The topological polar surface area (TPSA) is 48.0 Å². The van der Waals surface area contributed by atoms with Crippen molar-refractivity contribution in [3.63, 3.8) is 0 Å². The quantitative estimate of drug-likeness (QED) is 0.285. The normalized spacial score (nSPS) is 17.4. The molecule has 3 aromatic rings. The Morgan fingerprint density at radius 3 is 2.53 bits per heavy atom. The molecule has 0 unspecified atom stereocenters. The molecule has 0 saturated carbocycles.